The van der Waals surface area contributed by atoms with Gasteiger partial charge in [0, 0.05) is 12.1 Å². The van der Waals surface area contributed by atoms with Gasteiger partial charge in [-0.25, -0.2) is 0 Å². The molecule has 0 rings (SSSR count). The molecular formula is C13H29NO2. The number of hydrogen-bond donors (Lipinski definition) is 1. The smallest absolute Gasteiger partial charge is 0.0705 e. The Morgan fingerprint density at radius 1 is 1.06 bits per heavy atom. The lowest BCUT2D eigenvalue weighted by Gasteiger charge is -2.25. The highest BCUT2D eigenvalue weighted by atomic mass is 16.5. The van der Waals surface area contributed by atoms with Gasteiger partial charge in [-0.1, -0.05) is 6.92 Å². The van der Waals surface area contributed by atoms with Crippen molar-refractivity contribution in [2.45, 2.75) is 65.7 Å². The Balaban J connectivity index is 3.59. The largest absolute Gasteiger partial charge is 0.376 e. The molecule has 1 N–H and O–H groups in total. The van der Waals surface area contributed by atoms with Crippen molar-refractivity contribution in [1.82, 2.24) is 5.32 Å². The van der Waals surface area contributed by atoms with Gasteiger partial charge in [-0.3, -0.25) is 0 Å². The number of nitrogens with one attached hydrogen (secondary N) is 1. The molecular weight excluding hydrogens is 202 g/mol. The first-order valence-corrected chi connectivity index (χ1v) is 6.33. The summed E-state index contributed by atoms with van der Waals surface area (Å²) in [5.41, 5.74) is 0.158. The van der Waals surface area contributed by atoms with Crippen LogP contribution in [0.25, 0.3) is 0 Å². The summed E-state index contributed by atoms with van der Waals surface area (Å²) in [5.74, 6) is 0. The van der Waals surface area contributed by atoms with Crippen molar-refractivity contribution in [1.29, 1.82) is 0 Å². The van der Waals surface area contributed by atoms with Crippen molar-refractivity contribution in [3.05, 3.63) is 0 Å². The van der Waals surface area contributed by atoms with Gasteiger partial charge < -0.3 is 14.8 Å². The molecule has 1 atom stereocenters. The van der Waals surface area contributed by atoms with Crippen LogP contribution in [0.3, 0.4) is 0 Å². The second-order valence-electron chi connectivity index (χ2n) is 5.45. The highest BCUT2D eigenvalue weighted by Gasteiger charge is 2.13. The van der Waals surface area contributed by atoms with Gasteiger partial charge in [-0.2, -0.15) is 0 Å². The SMILES string of the molecule is CCC(CNC(C)(C)C)OCCOC(C)C. The van der Waals surface area contributed by atoms with Crippen LogP contribution in [0.5, 0.6) is 0 Å². The Kier molecular flexibility index (Phi) is 7.98. The van der Waals surface area contributed by atoms with Gasteiger partial charge in [-0.15, -0.1) is 0 Å². The lowest BCUT2D eigenvalue weighted by Crippen LogP contribution is -2.41. The predicted molar refractivity (Wildman–Crippen MR) is 68.9 cm³/mol. The molecule has 0 aliphatic rings. The van der Waals surface area contributed by atoms with E-state index in [1.807, 2.05) is 13.8 Å². The average molecular weight is 231 g/mol. The van der Waals surface area contributed by atoms with Crippen LogP contribution in [0, 0.1) is 0 Å². The van der Waals surface area contributed by atoms with E-state index in [0.717, 1.165) is 13.0 Å². The first kappa shape index (κ1) is 15.9. The Hall–Kier alpha value is -0.120. The van der Waals surface area contributed by atoms with Crippen LogP contribution >= 0.6 is 0 Å². The Bertz CT molecular complexity index is 164. The second kappa shape index (κ2) is 8.04. The third-order valence-electron chi connectivity index (χ3n) is 2.20. The van der Waals surface area contributed by atoms with E-state index >= 15 is 0 Å². The molecule has 0 fully saturated rings. The summed E-state index contributed by atoms with van der Waals surface area (Å²) < 4.78 is 11.2. The molecule has 0 aliphatic heterocycles. The topological polar surface area (TPSA) is 30.5 Å². The molecule has 0 aromatic heterocycles. The van der Waals surface area contributed by atoms with Crippen LogP contribution in [0.1, 0.15) is 48.0 Å². The number of ether oxygens (including phenoxy) is 2. The predicted octanol–water partition coefficient (Wildman–Crippen LogP) is 2.59. The normalized spacial score (nSPS) is 14.4. The standard InChI is InChI=1S/C13H29NO2/c1-7-12(10-14-13(4,5)6)16-9-8-15-11(2)3/h11-12,14H,7-10H2,1-6H3. The van der Waals surface area contributed by atoms with Gasteiger partial charge in [-0.05, 0) is 41.0 Å². The fourth-order valence-electron chi connectivity index (χ4n) is 1.24. The zero-order valence-electron chi connectivity index (χ0n) is 11.8. The maximum Gasteiger partial charge on any atom is 0.0705 e. The van der Waals surface area contributed by atoms with Crippen molar-refractivity contribution < 1.29 is 9.47 Å². The quantitative estimate of drug-likeness (QED) is 0.651. The Morgan fingerprint density at radius 3 is 2.06 bits per heavy atom. The van der Waals surface area contributed by atoms with Crippen molar-refractivity contribution in [3.63, 3.8) is 0 Å². The molecule has 3 nitrogen and oxygen atoms in total. The summed E-state index contributed by atoms with van der Waals surface area (Å²) in [6.45, 7) is 15.0. The van der Waals surface area contributed by atoms with Crippen LogP contribution in [-0.4, -0.2) is 37.5 Å². The molecule has 0 aromatic carbocycles. The molecule has 0 saturated carbocycles. The maximum atomic E-state index is 5.75. The van der Waals surface area contributed by atoms with Gasteiger partial charge in [0.1, 0.15) is 0 Å². The second-order valence-corrected chi connectivity index (χ2v) is 5.45. The van der Waals surface area contributed by atoms with Gasteiger partial charge in [0.05, 0.1) is 25.4 Å². The fraction of sp³-hybridized carbons (Fsp3) is 1.00. The molecule has 0 bridgehead atoms. The van der Waals surface area contributed by atoms with Crippen LogP contribution < -0.4 is 5.32 Å². The molecule has 1 unspecified atom stereocenters. The van der Waals surface area contributed by atoms with E-state index < -0.39 is 0 Å². The average Bonchev–Trinajstić information content (AvgIpc) is 2.15. The summed E-state index contributed by atoms with van der Waals surface area (Å²) >= 11 is 0. The first-order valence-electron chi connectivity index (χ1n) is 6.33. The number of rotatable bonds is 8. The molecule has 98 valence electrons. The van der Waals surface area contributed by atoms with Gasteiger partial charge in [0.15, 0.2) is 0 Å². The van der Waals surface area contributed by atoms with Crippen LogP contribution in [-0.2, 0) is 9.47 Å². The van der Waals surface area contributed by atoms with E-state index in [0.29, 0.717) is 13.2 Å². The van der Waals surface area contributed by atoms with Crippen LogP contribution in [0.4, 0.5) is 0 Å². The van der Waals surface area contributed by atoms with Crippen molar-refractivity contribution in [3.8, 4) is 0 Å². The van der Waals surface area contributed by atoms with E-state index in [4.69, 9.17) is 9.47 Å². The van der Waals surface area contributed by atoms with E-state index in [9.17, 15) is 0 Å². The Labute approximate surface area is 101 Å². The molecule has 0 amide bonds. The van der Waals surface area contributed by atoms with Gasteiger partial charge >= 0.3 is 0 Å². The molecule has 0 aliphatic carbocycles. The zero-order chi connectivity index (χ0) is 12.6. The molecule has 3 heteroatoms. The Morgan fingerprint density at radius 2 is 1.62 bits per heavy atom. The highest BCUT2D eigenvalue weighted by molar-refractivity contribution is 4.72. The van der Waals surface area contributed by atoms with Gasteiger partial charge in [0.2, 0.25) is 0 Å². The molecule has 0 heterocycles. The first-order chi connectivity index (χ1) is 7.35. The molecule has 0 radical (unpaired) electrons. The molecule has 0 spiro atoms. The lowest BCUT2D eigenvalue weighted by atomic mass is 10.1. The molecule has 16 heavy (non-hydrogen) atoms. The maximum absolute atomic E-state index is 5.75. The monoisotopic (exact) mass is 231 g/mol. The van der Waals surface area contributed by atoms with Gasteiger partial charge in [0.25, 0.3) is 0 Å². The zero-order valence-corrected chi connectivity index (χ0v) is 11.8. The summed E-state index contributed by atoms with van der Waals surface area (Å²) in [5, 5.41) is 3.46. The summed E-state index contributed by atoms with van der Waals surface area (Å²) in [6.07, 6.45) is 1.61. The minimum Gasteiger partial charge on any atom is -0.376 e. The summed E-state index contributed by atoms with van der Waals surface area (Å²) in [6, 6.07) is 0. The summed E-state index contributed by atoms with van der Waals surface area (Å²) in [4.78, 5) is 0. The van der Waals surface area contributed by atoms with Crippen molar-refractivity contribution in [2.24, 2.45) is 0 Å². The number of hydrogen-bond acceptors (Lipinski definition) is 3. The molecule has 0 saturated heterocycles. The van der Waals surface area contributed by atoms with E-state index in [2.05, 4.69) is 33.0 Å². The molecule has 0 aromatic rings. The van der Waals surface area contributed by atoms with E-state index in [1.54, 1.807) is 0 Å². The van der Waals surface area contributed by atoms with Crippen molar-refractivity contribution in [2.75, 3.05) is 19.8 Å². The van der Waals surface area contributed by atoms with Crippen LogP contribution in [0.2, 0.25) is 0 Å². The highest BCUT2D eigenvalue weighted by Crippen LogP contribution is 2.02. The third kappa shape index (κ3) is 10.4. The van der Waals surface area contributed by atoms with E-state index in [1.165, 1.54) is 0 Å². The third-order valence-corrected chi connectivity index (χ3v) is 2.20. The lowest BCUT2D eigenvalue weighted by molar-refractivity contribution is -0.0145. The fourth-order valence-corrected chi connectivity index (χ4v) is 1.24. The summed E-state index contributed by atoms with van der Waals surface area (Å²) in [7, 11) is 0. The van der Waals surface area contributed by atoms with Crippen molar-refractivity contribution >= 4 is 0 Å². The minimum atomic E-state index is 0.158. The van der Waals surface area contributed by atoms with E-state index in [-0.39, 0.29) is 17.7 Å². The van der Waals surface area contributed by atoms with Crippen LogP contribution in [0.15, 0.2) is 0 Å². The minimum absolute atomic E-state index is 0.158.